The first-order valence-electron chi connectivity index (χ1n) is 19.5. The number of rotatable bonds is 12. The molecule has 57 heavy (non-hydrogen) atoms. The molecule has 4 N–H and O–H groups in total. The van der Waals surface area contributed by atoms with Crippen LogP contribution in [0.1, 0.15) is 98.3 Å². The number of Topliss-reactive ketones (excluding diaryl/α,β-unsaturated/α-hetero) is 1. The average molecular weight is 791 g/mol. The lowest BCUT2D eigenvalue weighted by atomic mass is 9.94. The maximum atomic E-state index is 11.9. The Morgan fingerprint density at radius 1 is 0.632 bits per heavy atom. The molecule has 0 aliphatic carbocycles. The zero-order valence-electron chi connectivity index (χ0n) is 32.7. The van der Waals surface area contributed by atoms with Crippen molar-refractivity contribution in [3.05, 3.63) is 95.4 Å². The van der Waals surface area contributed by atoms with Gasteiger partial charge in [0.05, 0.1) is 39.2 Å². The predicted molar refractivity (Wildman–Crippen MR) is 204 cm³/mol. The lowest BCUT2D eigenvalue weighted by Crippen LogP contribution is -2.36. The summed E-state index contributed by atoms with van der Waals surface area (Å²) in [6.07, 6.45) is 4.99. The van der Waals surface area contributed by atoms with E-state index in [1.54, 1.807) is 13.8 Å². The molecule has 16 nitrogen and oxygen atoms in total. The van der Waals surface area contributed by atoms with Gasteiger partial charge in [0.25, 0.3) is 0 Å². The maximum Gasteiger partial charge on any atom is 0.306 e. The number of nitrogens with two attached hydrogens (primary N) is 2. The van der Waals surface area contributed by atoms with Gasteiger partial charge in [-0.15, -0.1) is 20.4 Å². The van der Waals surface area contributed by atoms with Crippen LogP contribution in [0.3, 0.4) is 0 Å². The summed E-state index contributed by atoms with van der Waals surface area (Å²) in [5.74, 6) is 2.03. The molecular weight excluding hydrogens is 736 g/mol. The molecule has 3 fully saturated rings. The Morgan fingerprint density at radius 3 is 1.49 bits per heavy atom. The first-order chi connectivity index (χ1) is 27.6. The number of aryl methyl sites for hydroxylation is 2. The van der Waals surface area contributed by atoms with E-state index >= 15 is 0 Å². The summed E-state index contributed by atoms with van der Waals surface area (Å²) in [6, 6.07) is 19.4. The van der Waals surface area contributed by atoms with Crippen molar-refractivity contribution in [3.8, 4) is 0 Å². The van der Waals surface area contributed by atoms with Crippen molar-refractivity contribution >= 4 is 17.7 Å². The molecule has 2 aromatic carbocycles. The number of ether oxygens (including phenoxy) is 5. The fourth-order valence-electron chi connectivity index (χ4n) is 6.43. The van der Waals surface area contributed by atoms with Crippen molar-refractivity contribution in [2.24, 2.45) is 23.3 Å². The minimum Gasteiger partial charge on any atom is -0.461 e. The van der Waals surface area contributed by atoms with Gasteiger partial charge in [0.15, 0.2) is 5.78 Å². The van der Waals surface area contributed by atoms with Gasteiger partial charge < -0.3 is 44.0 Å². The van der Waals surface area contributed by atoms with Crippen LogP contribution in [0.15, 0.2) is 69.5 Å². The van der Waals surface area contributed by atoms with Gasteiger partial charge >= 0.3 is 11.9 Å². The normalized spacial score (nSPS) is 23.2. The van der Waals surface area contributed by atoms with E-state index in [9.17, 15) is 14.4 Å². The Bertz CT molecular complexity index is 1780. The third-order valence-electron chi connectivity index (χ3n) is 9.64. The second-order valence-electron chi connectivity index (χ2n) is 14.4. The van der Waals surface area contributed by atoms with Crippen LogP contribution >= 0.6 is 0 Å². The Balaban J connectivity index is 0.000000169. The number of carbonyl (C=O) groups excluding carboxylic acids is 3. The van der Waals surface area contributed by atoms with Crippen molar-refractivity contribution in [1.82, 2.24) is 20.4 Å². The lowest BCUT2D eigenvalue weighted by Gasteiger charge is -2.27. The van der Waals surface area contributed by atoms with Gasteiger partial charge in [0.2, 0.25) is 23.6 Å². The zero-order valence-corrected chi connectivity index (χ0v) is 32.7. The van der Waals surface area contributed by atoms with Crippen LogP contribution in [0.25, 0.3) is 0 Å². The monoisotopic (exact) mass is 790 g/mol. The number of esters is 2. The van der Waals surface area contributed by atoms with Crippen LogP contribution in [0.4, 0.5) is 0 Å². The van der Waals surface area contributed by atoms with Gasteiger partial charge in [-0.3, -0.25) is 14.4 Å². The van der Waals surface area contributed by atoms with Crippen LogP contribution in [0.2, 0.25) is 0 Å². The number of hydrogen-bond acceptors (Lipinski definition) is 16. The number of nitrogens with zero attached hydrogens (tertiary/aromatic N) is 4. The third-order valence-corrected chi connectivity index (χ3v) is 9.64. The molecule has 3 aliphatic heterocycles. The van der Waals surface area contributed by atoms with E-state index < -0.39 is 6.10 Å². The predicted octanol–water partition coefficient (Wildman–Crippen LogP) is 4.98. The third kappa shape index (κ3) is 14.9. The van der Waals surface area contributed by atoms with E-state index in [4.69, 9.17) is 44.0 Å². The highest BCUT2D eigenvalue weighted by atomic mass is 16.5. The first kappa shape index (κ1) is 43.3. The smallest absolute Gasteiger partial charge is 0.306 e. The van der Waals surface area contributed by atoms with E-state index in [0.29, 0.717) is 75.9 Å². The van der Waals surface area contributed by atoms with Crippen LogP contribution in [-0.2, 0) is 51.3 Å². The van der Waals surface area contributed by atoms with Gasteiger partial charge in [-0.05, 0) is 61.5 Å². The summed E-state index contributed by atoms with van der Waals surface area (Å²) >= 11 is 0. The second-order valence-corrected chi connectivity index (χ2v) is 14.4. The van der Waals surface area contributed by atoms with Crippen LogP contribution in [0.5, 0.6) is 0 Å². The number of benzene rings is 2. The number of carbonyl (C=O) groups is 3. The Morgan fingerprint density at radius 2 is 1.11 bits per heavy atom. The fraction of sp³-hybridized carbons (Fsp3) is 0.537. The van der Waals surface area contributed by atoms with E-state index in [-0.39, 0.29) is 54.4 Å². The molecule has 6 atom stereocenters. The molecular formula is C41H54N6O10. The van der Waals surface area contributed by atoms with E-state index in [2.05, 4.69) is 20.4 Å². The van der Waals surface area contributed by atoms with Gasteiger partial charge in [-0.25, -0.2) is 0 Å². The minimum absolute atomic E-state index is 0.00838. The molecule has 308 valence electrons. The van der Waals surface area contributed by atoms with Crippen molar-refractivity contribution in [2.75, 3.05) is 26.4 Å². The summed E-state index contributed by atoms with van der Waals surface area (Å²) in [7, 11) is 0. The fourth-order valence-corrected chi connectivity index (χ4v) is 6.43. The van der Waals surface area contributed by atoms with Gasteiger partial charge in [0, 0.05) is 19.9 Å². The number of hydrogen-bond donors (Lipinski definition) is 2. The van der Waals surface area contributed by atoms with E-state index in [1.807, 2.05) is 60.7 Å². The molecule has 0 bridgehead atoms. The van der Waals surface area contributed by atoms with Crippen LogP contribution in [0, 0.1) is 25.7 Å². The van der Waals surface area contributed by atoms with Crippen molar-refractivity contribution < 1.29 is 46.9 Å². The summed E-state index contributed by atoms with van der Waals surface area (Å²) in [4.78, 5) is 35.1. The summed E-state index contributed by atoms with van der Waals surface area (Å²) in [5.41, 5.74) is 13.0. The molecule has 16 heteroatoms. The highest BCUT2D eigenvalue weighted by molar-refractivity contribution is 5.84. The number of aromatic nitrogens is 4. The largest absolute Gasteiger partial charge is 0.461 e. The average Bonchev–Trinajstić information content (AvgIpc) is 3.89. The highest BCUT2D eigenvalue weighted by Gasteiger charge is 2.29. The molecule has 7 rings (SSSR count). The van der Waals surface area contributed by atoms with Crippen molar-refractivity contribution in [3.63, 3.8) is 0 Å². The molecule has 0 amide bonds. The van der Waals surface area contributed by atoms with Crippen molar-refractivity contribution in [2.45, 2.75) is 103 Å². The Hall–Kier alpha value is -4.87. The molecule has 0 radical (unpaired) electrons. The molecule has 4 aromatic rings. The van der Waals surface area contributed by atoms with Crippen LogP contribution in [-0.4, -0.2) is 76.6 Å². The molecule has 0 unspecified atom stereocenters. The second kappa shape index (κ2) is 22.8. The van der Waals surface area contributed by atoms with E-state index in [0.717, 1.165) is 43.2 Å². The molecule has 0 saturated carbocycles. The summed E-state index contributed by atoms with van der Waals surface area (Å²) in [5, 5.41) is 15.5. The minimum atomic E-state index is -0.397. The van der Waals surface area contributed by atoms with Gasteiger partial charge in [0.1, 0.15) is 31.5 Å². The Labute approximate surface area is 332 Å². The molecule has 3 saturated heterocycles. The van der Waals surface area contributed by atoms with Crippen LogP contribution < -0.4 is 11.5 Å². The molecule has 5 heterocycles. The first-order valence-corrected chi connectivity index (χ1v) is 19.5. The molecule has 2 aromatic heterocycles. The van der Waals surface area contributed by atoms with Crippen molar-refractivity contribution in [1.29, 1.82) is 0 Å². The maximum absolute atomic E-state index is 11.9. The number of ketones is 1. The van der Waals surface area contributed by atoms with E-state index in [1.165, 1.54) is 0 Å². The standard InChI is InChI=1S/C17H20N2O4.C16H21NO4.C8H13N3O2/c1-12-18-19-17(23-12)15-8-7-14(11-21-15)9-16(20)22-10-13-5-3-2-4-6-13;17-9-14(18)15-7-6-13(11-20-15)8-16(19)21-10-12-4-2-1-3-5-12;1-5-10-11-8(13-5)7-3-2-6(9)4-12-7/h2-6,14-15H,7-11H2,1H3;1-5,13,15H,6-11,17H2;6-7H,2-4,9H2,1H3/t14-,15-;13-,15-;6-,7+/m001/s1. The highest BCUT2D eigenvalue weighted by Crippen LogP contribution is 2.31. The SMILES string of the molecule is Cc1nnc([C@@H]2CC[C@@H](CC(=O)OCc3ccccc3)CO2)o1.Cc1nnc([C@@H]2CC[C@@H](N)CO2)o1.NCC(=O)[C@@H]1CC[C@@H](CC(=O)OCc2ccccc2)CO1. The quantitative estimate of drug-likeness (QED) is 0.180. The summed E-state index contributed by atoms with van der Waals surface area (Å²) in [6.45, 7) is 5.64. The Kier molecular flexibility index (Phi) is 17.3. The molecule has 3 aliphatic rings. The lowest BCUT2D eigenvalue weighted by molar-refractivity contribution is -0.149. The zero-order chi connectivity index (χ0) is 40.4. The summed E-state index contributed by atoms with van der Waals surface area (Å²) < 4.78 is 37.9. The molecule has 0 spiro atoms. The van der Waals surface area contributed by atoms with Gasteiger partial charge in [-0.1, -0.05) is 60.7 Å². The van der Waals surface area contributed by atoms with Gasteiger partial charge in [-0.2, -0.15) is 0 Å². The topological polar surface area (TPSA) is 227 Å².